The van der Waals surface area contributed by atoms with Crippen LogP contribution in [0.3, 0.4) is 0 Å². The molecule has 0 saturated carbocycles. The quantitative estimate of drug-likeness (QED) is 0.558. The Bertz CT molecular complexity index is 644. The summed E-state index contributed by atoms with van der Waals surface area (Å²) in [5.74, 6) is 0. The molecule has 2 aromatic rings. The van der Waals surface area contributed by atoms with Gasteiger partial charge in [-0.05, 0) is 52.5 Å². The standard InChI is InChI=1S/C22H30/c1-15-12-13-16(2)17(14-15)20-18(21(3,4)5)10-9-11-19(20)22(6,7)8/h9-14H,1-8H3. The normalized spacial score (nSPS) is 12.5. The van der Waals surface area contributed by atoms with E-state index in [1.165, 1.54) is 33.4 Å². The lowest BCUT2D eigenvalue weighted by molar-refractivity contribution is 0.572. The smallest absolute Gasteiger partial charge is 0.0106 e. The molecular weight excluding hydrogens is 264 g/mol. The van der Waals surface area contributed by atoms with Gasteiger partial charge in [-0.25, -0.2) is 0 Å². The summed E-state index contributed by atoms with van der Waals surface area (Å²) in [4.78, 5) is 0. The van der Waals surface area contributed by atoms with Crippen molar-refractivity contribution in [2.75, 3.05) is 0 Å². The Hall–Kier alpha value is -1.56. The van der Waals surface area contributed by atoms with Gasteiger partial charge in [0.15, 0.2) is 0 Å². The second-order valence-electron chi connectivity index (χ2n) is 8.55. The lowest BCUT2D eigenvalue weighted by Gasteiger charge is -2.31. The van der Waals surface area contributed by atoms with Crippen LogP contribution in [0.4, 0.5) is 0 Å². The van der Waals surface area contributed by atoms with E-state index >= 15 is 0 Å². The minimum absolute atomic E-state index is 0.132. The largest absolute Gasteiger partial charge is 0.0616 e. The molecule has 0 radical (unpaired) electrons. The van der Waals surface area contributed by atoms with Crippen molar-refractivity contribution in [3.8, 4) is 11.1 Å². The third-order valence-corrected chi connectivity index (χ3v) is 4.34. The fourth-order valence-electron chi connectivity index (χ4n) is 3.10. The number of benzene rings is 2. The zero-order chi connectivity index (χ0) is 16.7. The van der Waals surface area contributed by atoms with Crippen LogP contribution in [0.2, 0.25) is 0 Å². The molecule has 0 heteroatoms. The Morgan fingerprint density at radius 2 is 1.18 bits per heavy atom. The lowest BCUT2D eigenvalue weighted by atomic mass is 9.73. The van der Waals surface area contributed by atoms with E-state index in [9.17, 15) is 0 Å². The van der Waals surface area contributed by atoms with Crippen molar-refractivity contribution in [3.63, 3.8) is 0 Å². The molecule has 0 N–H and O–H groups in total. The predicted octanol–water partition coefficient (Wildman–Crippen LogP) is 6.57. The third-order valence-electron chi connectivity index (χ3n) is 4.34. The molecule has 22 heavy (non-hydrogen) atoms. The van der Waals surface area contributed by atoms with Gasteiger partial charge in [0, 0.05) is 0 Å². The van der Waals surface area contributed by atoms with Crippen LogP contribution < -0.4 is 0 Å². The lowest BCUT2D eigenvalue weighted by Crippen LogP contribution is -2.19. The molecule has 118 valence electrons. The Morgan fingerprint density at radius 3 is 1.64 bits per heavy atom. The van der Waals surface area contributed by atoms with Crippen molar-refractivity contribution < 1.29 is 0 Å². The zero-order valence-electron chi connectivity index (χ0n) is 15.5. The van der Waals surface area contributed by atoms with Crippen LogP contribution in [0.1, 0.15) is 63.8 Å². The van der Waals surface area contributed by atoms with Crippen LogP contribution in [-0.4, -0.2) is 0 Å². The van der Waals surface area contributed by atoms with Gasteiger partial charge in [-0.2, -0.15) is 0 Å². The van der Waals surface area contributed by atoms with Gasteiger partial charge in [-0.3, -0.25) is 0 Å². The summed E-state index contributed by atoms with van der Waals surface area (Å²) in [6, 6.07) is 13.6. The van der Waals surface area contributed by atoms with Gasteiger partial charge in [0.25, 0.3) is 0 Å². The van der Waals surface area contributed by atoms with Crippen molar-refractivity contribution in [1.82, 2.24) is 0 Å². The van der Waals surface area contributed by atoms with E-state index in [1.807, 2.05) is 0 Å². The van der Waals surface area contributed by atoms with Crippen LogP contribution in [0, 0.1) is 13.8 Å². The predicted molar refractivity (Wildman–Crippen MR) is 98.8 cm³/mol. The SMILES string of the molecule is Cc1ccc(C)c(-c2c(C(C)(C)C)cccc2C(C)(C)C)c1. The van der Waals surface area contributed by atoms with Gasteiger partial charge >= 0.3 is 0 Å². The molecule has 0 atom stereocenters. The van der Waals surface area contributed by atoms with Gasteiger partial charge in [-0.1, -0.05) is 83.5 Å². The Balaban J connectivity index is 2.90. The summed E-state index contributed by atoms with van der Waals surface area (Å²) in [6.45, 7) is 18.3. The Labute approximate surface area is 136 Å². The molecule has 0 aromatic heterocycles. The van der Waals surface area contributed by atoms with Crippen molar-refractivity contribution in [2.45, 2.75) is 66.2 Å². The molecule has 0 amide bonds. The van der Waals surface area contributed by atoms with Gasteiger partial charge in [0.1, 0.15) is 0 Å². The highest BCUT2D eigenvalue weighted by Crippen LogP contribution is 2.41. The molecule has 0 unspecified atom stereocenters. The number of rotatable bonds is 1. The molecule has 0 spiro atoms. The highest BCUT2D eigenvalue weighted by molar-refractivity contribution is 5.76. The van der Waals surface area contributed by atoms with E-state index in [1.54, 1.807) is 0 Å². The number of aryl methyl sites for hydroxylation is 2. The second-order valence-corrected chi connectivity index (χ2v) is 8.55. The maximum absolute atomic E-state index is 2.34. The fraction of sp³-hybridized carbons (Fsp3) is 0.455. The average Bonchev–Trinajstić information content (AvgIpc) is 2.38. The monoisotopic (exact) mass is 294 g/mol. The van der Waals surface area contributed by atoms with E-state index in [0.29, 0.717) is 0 Å². The van der Waals surface area contributed by atoms with E-state index in [-0.39, 0.29) is 10.8 Å². The minimum Gasteiger partial charge on any atom is -0.0616 e. The van der Waals surface area contributed by atoms with E-state index in [2.05, 4.69) is 91.8 Å². The molecule has 0 bridgehead atoms. The van der Waals surface area contributed by atoms with Crippen LogP contribution in [0.25, 0.3) is 11.1 Å². The highest BCUT2D eigenvalue weighted by Gasteiger charge is 2.26. The molecule has 0 heterocycles. The average molecular weight is 294 g/mol. The van der Waals surface area contributed by atoms with Crippen molar-refractivity contribution in [1.29, 1.82) is 0 Å². The highest BCUT2D eigenvalue weighted by atomic mass is 14.3. The molecule has 2 aromatic carbocycles. The van der Waals surface area contributed by atoms with Gasteiger partial charge in [0.05, 0.1) is 0 Å². The summed E-state index contributed by atoms with van der Waals surface area (Å²) in [5, 5.41) is 0. The minimum atomic E-state index is 0.132. The number of hydrogen-bond donors (Lipinski definition) is 0. The topological polar surface area (TPSA) is 0 Å². The van der Waals surface area contributed by atoms with Gasteiger partial charge < -0.3 is 0 Å². The first-order valence-electron chi connectivity index (χ1n) is 8.23. The molecule has 0 nitrogen and oxygen atoms in total. The number of hydrogen-bond acceptors (Lipinski definition) is 0. The Morgan fingerprint density at radius 1 is 0.682 bits per heavy atom. The summed E-state index contributed by atoms with van der Waals surface area (Å²) in [6.07, 6.45) is 0. The van der Waals surface area contributed by atoms with Gasteiger partial charge in [-0.15, -0.1) is 0 Å². The van der Waals surface area contributed by atoms with Gasteiger partial charge in [0.2, 0.25) is 0 Å². The van der Waals surface area contributed by atoms with Crippen molar-refractivity contribution in [3.05, 3.63) is 58.7 Å². The summed E-state index contributed by atoms with van der Waals surface area (Å²) in [5.41, 5.74) is 8.64. The van der Waals surface area contributed by atoms with E-state index < -0.39 is 0 Å². The summed E-state index contributed by atoms with van der Waals surface area (Å²) in [7, 11) is 0. The third kappa shape index (κ3) is 3.27. The van der Waals surface area contributed by atoms with Crippen LogP contribution in [0.5, 0.6) is 0 Å². The van der Waals surface area contributed by atoms with Crippen molar-refractivity contribution >= 4 is 0 Å². The second kappa shape index (κ2) is 5.57. The first-order valence-corrected chi connectivity index (χ1v) is 8.23. The maximum atomic E-state index is 2.34. The molecule has 0 aliphatic rings. The fourth-order valence-corrected chi connectivity index (χ4v) is 3.10. The van der Waals surface area contributed by atoms with Crippen LogP contribution in [0.15, 0.2) is 36.4 Å². The first kappa shape index (κ1) is 16.8. The molecule has 0 aliphatic heterocycles. The molecular formula is C22H30. The molecule has 2 rings (SSSR count). The van der Waals surface area contributed by atoms with E-state index in [4.69, 9.17) is 0 Å². The van der Waals surface area contributed by atoms with Crippen LogP contribution >= 0.6 is 0 Å². The van der Waals surface area contributed by atoms with Crippen LogP contribution in [-0.2, 0) is 10.8 Å². The maximum Gasteiger partial charge on any atom is -0.0106 e. The Kier molecular flexibility index (Phi) is 4.26. The van der Waals surface area contributed by atoms with Crippen molar-refractivity contribution in [2.24, 2.45) is 0 Å². The zero-order valence-corrected chi connectivity index (χ0v) is 15.5. The molecule has 0 fully saturated rings. The molecule has 0 aliphatic carbocycles. The molecule has 0 saturated heterocycles. The summed E-state index contributed by atoms with van der Waals surface area (Å²) < 4.78 is 0. The first-order chi connectivity index (χ1) is 10.0. The summed E-state index contributed by atoms with van der Waals surface area (Å²) >= 11 is 0. The van der Waals surface area contributed by atoms with E-state index in [0.717, 1.165) is 0 Å².